The zero-order valence-corrected chi connectivity index (χ0v) is 12.9. The van der Waals surface area contributed by atoms with E-state index in [1.54, 1.807) is 25.1 Å². The summed E-state index contributed by atoms with van der Waals surface area (Å²) < 4.78 is 10.2. The normalized spacial score (nSPS) is 10.9. The van der Waals surface area contributed by atoms with Crippen molar-refractivity contribution in [2.24, 2.45) is 0 Å². The third-order valence-electron chi connectivity index (χ3n) is 3.27. The van der Waals surface area contributed by atoms with Crippen LogP contribution in [0.25, 0.3) is 20.9 Å². The Bertz CT molecular complexity index is 821. The Morgan fingerprint density at radius 1 is 0.727 bits per heavy atom. The van der Waals surface area contributed by atoms with Crippen LogP contribution in [0.1, 0.15) is 14.5 Å². The molecule has 4 aromatic rings. The van der Waals surface area contributed by atoms with Crippen molar-refractivity contribution < 1.29 is 13.6 Å². The largest absolute Gasteiger partial charge is 0.472 e. The molecule has 0 radical (unpaired) electrons. The number of rotatable bonds is 4. The summed E-state index contributed by atoms with van der Waals surface area (Å²) in [7, 11) is 0. The lowest BCUT2D eigenvalue weighted by Crippen LogP contribution is -1.93. The van der Waals surface area contributed by atoms with Gasteiger partial charge in [0.05, 0.1) is 34.8 Å². The van der Waals surface area contributed by atoms with Gasteiger partial charge < -0.3 is 8.83 Å². The smallest absolute Gasteiger partial charge is 0.212 e. The molecule has 0 fully saturated rings. The zero-order chi connectivity index (χ0) is 14.9. The summed E-state index contributed by atoms with van der Waals surface area (Å²) in [5, 5.41) is 0. The molecule has 3 nitrogen and oxygen atoms in total. The first-order chi connectivity index (χ1) is 10.8. The highest BCUT2D eigenvalue weighted by molar-refractivity contribution is 7.20. The molecule has 4 aromatic heterocycles. The van der Waals surface area contributed by atoms with Gasteiger partial charge in [-0.15, -0.1) is 22.7 Å². The summed E-state index contributed by atoms with van der Waals surface area (Å²) in [6.45, 7) is 0. The second-order valence-electron chi connectivity index (χ2n) is 4.68. The van der Waals surface area contributed by atoms with E-state index in [-0.39, 0.29) is 5.78 Å². The number of hydrogen-bond acceptors (Lipinski definition) is 5. The average Bonchev–Trinajstić information content (AvgIpc) is 3.35. The van der Waals surface area contributed by atoms with Gasteiger partial charge in [0, 0.05) is 20.9 Å². The number of thiophene rings is 2. The molecule has 0 aromatic carbocycles. The lowest BCUT2D eigenvalue weighted by atomic mass is 10.2. The maximum atomic E-state index is 12.6. The highest BCUT2D eigenvalue weighted by Crippen LogP contribution is 2.33. The van der Waals surface area contributed by atoms with Crippen LogP contribution in [0.5, 0.6) is 0 Å². The van der Waals surface area contributed by atoms with Crippen molar-refractivity contribution in [3.8, 4) is 20.9 Å². The Kier molecular flexibility index (Phi) is 3.29. The van der Waals surface area contributed by atoms with Gasteiger partial charge in [-0.1, -0.05) is 0 Å². The Labute approximate surface area is 134 Å². The standard InChI is InChI=1S/C17H10O3S2/c18-17(15-3-1-13(21-15)11-5-7-19-9-11)16-4-2-14(22-16)12-6-8-20-10-12/h1-10H. The van der Waals surface area contributed by atoms with Gasteiger partial charge in [0.15, 0.2) is 0 Å². The van der Waals surface area contributed by atoms with E-state index in [0.29, 0.717) is 0 Å². The van der Waals surface area contributed by atoms with Gasteiger partial charge in [0.25, 0.3) is 0 Å². The summed E-state index contributed by atoms with van der Waals surface area (Å²) in [5.74, 6) is 0.0551. The predicted molar refractivity (Wildman–Crippen MR) is 87.5 cm³/mol. The van der Waals surface area contributed by atoms with Crippen LogP contribution in [-0.4, -0.2) is 5.78 Å². The molecule has 5 heteroatoms. The number of carbonyl (C=O) groups excluding carboxylic acids is 1. The molecule has 0 atom stereocenters. The van der Waals surface area contributed by atoms with Crippen molar-refractivity contribution in [1.82, 2.24) is 0 Å². The SMILES string of the molecule is O=C(c1ccc(-c2ccoc2)s1)c1ccc(-c2ccoc2)s1. The lowest BCUT2D eigenvalue weighted by Gasteiger charge is -1.93. The van der Waals surface area contributed by atoms with E-state index in [4.69, 9.17) is 8.83 Å². The third-order valence-corrected chi connectivity index (χ3v) is 5.54. The molecule has 0 aliphatic carbocycles. The molecule has 0 aliphatic heterocycles. The van der Waals surface area contributed by atoms with Gasteiger partial charge in [0.1, 0.15) is 0 Å². The molecule has 108 valence electrons. The van der Waals surface area contributed by atoms with E-state index in [0.717, 1.165) is 30.6 Å². The number of carbonyl (C=O) groups is 1. The van der Waals surface area contributed by atoms with Crippen LogP contribution in [0.4, 0.5) is 0 Å². The van der Waals surface area contributed by atoms with Gasteiger partial charge >= 0.3 is 0 Å². The fourth-order valence-electron chi connectivity index (χ4n) is 2.16. The van der Waals surface area contributed by atoms with E-state index >= 15 is 0 Å². The lowest BCUT2D eigenvalue weighted by molar-refractivity contribution is 0.104. The van der Waals surface area contributed by atoms with E-state index in [2.05, 4.69) is 0 Å². The van der Waals surface area contributed by atoms with Crippen LogP contribution < -0.4 is 0 Å². The maximum Gasteiger partial charge on any atom is 0.212 e. The molecule has 0 aliphatic rings. The van der Waals surface area contributed by atoms with E-state index in [9.17, 15) is 4.79 Å². The summed E-state index contributed by atoms with van der Waals surface area (Å²) >= 11 is 2.96. The molecule has 0 bridgehead atoms. The highest BCUT2D eigenvalue weighted by atomic mass is 32.1. The molecule has 4 rings (SSSR count). The Morgan fingerprint density at radius 2 is 1.23 bits per heavy atom. The number of ketones is 1. The molecule has 0 N–H and O–H groups in total. The average molecular weight is 326 g/mol. The molecule has 0 spiro atoms. The topological polar surface area (TPSA) is 43.4 Å². The van der Waals surface area contributed by atoms with E-state index < -0.39 is 0 Å². The molecular weight excluding hydrogens is 316 g/mol. The summed E-state index contributed by atoms with van der Waals surface area (Å²) in [4.78, 5) is 16.1. The van der Waals surface area contributed by atoms with Gasteiger partial charge in [-0.25, -0.2) is 0 Å². The molecule has 0 saturated heterocycles. The highest BCUT2D eigenvalue weighted by Gasteiger charge is 2.16. The second-order valence-corrected chi connectivity index (χ2v) is 6.85. The minimum atomic E-state index is 0.0551. The van der Waals surface area contributed by atoms with Crippen molar-refractivity contribution in [1.29, 1.82) is 0 Å². The molecule has 0 unspecified atom stereocenters. The monoisotopic (exact) mass is 326 g/mol. The molecule has 0 amide bonds. The van der Waals surface area contributed by atoms with Crippen molar-refractivity contribution in [3.05, 3.63) is 71.2 Å². The fourth-order valence-corrected chi connectivity index (χ4v) is 4.12. The minimum Gasteiger partial charge on any atom is -0.472 e. The first-order valence-electron chi connectivity index (χ1n) is 6.61. The van der Waals surface area contributed by atoms with Crippen molar-refractivity contribution >= 4 is 28.5 Å². The summed E-state index contributed by atoms with van der Waals surface area (Å²) in [6.07, 6.45) is 6.63. The maximum absolute atomic E-state index is 12.6. The molecule has 0 saturated carbocycles. The van der Waals surface area contributed by atoms with Gasteiger partial charge in [-0.2, -0.15) is 0 Å². The van der Waals surface area contributed by atoms with Crippen molar-refractivity contribution in [2.45, 2.75) is 0 Å². The van der Waals surface area contributed by atoms with E-state index in [1.165, 1.54) is 22.7 Å². The Balaban J connectivity index is 1.62. The summed E-state index contributed by atoms with van der Waals surface area (Å²) in [6, 6.07) is 11.4. The van der Waals surface area contributed by atoms with Crippen LogP contribution in [0.2, 0.25) is 0 Å². The van der Waals surface area contributed by atoms with Crippen molar-refractivity contribution in [2.75, 3.05) is 0 Å². The van der Waals surface area contributed by atoms with Crippen LogP contribution in [-0.2, 0) is 0 Å². The number of furan rings is 2. The van der Waals surface area contributed by atoms with Gasteiger partial charge in [-0.3, -0.25) is 4.79 Å². The number of hydrogen-bond donors (Lipinski definition) is 0. The van der Waals surface area contributed by atoms with Crippen LogP contribution in [0, 0.1) is 0 Å². The fraction of sp³-hybridized carbons (Fsp3) is 0. The van der Waals surface area contributed by atoms with Crippen LogP contribution in [0.3, 0.4) is 0 Å². The first-order valence-corrected chi connectivity index (χ1v) is 8.24. The minimum absolute atomic E-state index is 0.0551. The molecule has 22 heavy (non-hydrogen) atoms. The van der Waals surface area contributed by atoms with Gasteiger partial charge in [-0.05, 0) is 36.4 Å². The molecule has 4 heterocycles. The van der Waals surface area contributed by atoms with Crippen LogP contribution in [0.15, 0.2) is 70.3 Å². The third kappa shape index (κ3) is 2.34. The zero-order valence-electron chi connectivity index (χ0n) is 11.3. The molecular formula is C17H10O3S2. The Hall–Kier alpha value is -2.37. The first kappa shape index (κ1) is 13.3. The van der Waals surface area contributed by atoms with Crippen LogP contribution >= 0.6 is 22.7 Å². The quantitative estimate of drug-likeness (QED) is 0.461. The van der Waals surface area contributed by atoms with Crippen molar-refractivity contribution in [3.63, 3.8) is 0 Å². The van der Waals surface area contributed by atoms with Gasteiger partial charge in [0.2, 0.25) is 5.78 Å². The summed E-state index contributed by atoms with van der Waals surface area (Å²) in [5.41, 5.74) is 1.99. The Morgan fingerprint density at radius 3 is 1.64 bits per heavy atom. The van der Waals surface area contributed by atoms with E-state index in [1.807, 2.05) is 36.4 Å². The predicted octanol–water partition coefficient (Wildman–Crippen LogP) is 5.56. The second kappa shape index (κ2) is 5.44.